The predicted octanol–water partition coefficient (Wildman–Crippen LogP) is 1.94. The predicted molar refractivity (Wildman–Crippen MR) is 62.0 cm³/mol. The molecule has 0 aliphatic rings. The smallest absolute Gasteiger partial charge is 0.129 e. The van der Waals surface area contributed by atoms with Gasteiger partial charge in [-0.1, -0.05) is 13.8 Å². The molecular weight excluding hydrogens is 202 g/mol. The first kappa shape index (κ1) is 10.6. The Kier molecular flexibility index (Phi) is 3.14. The Morgan fingerprint density at radius 2 is 2.25 bits per heavy atom. The van der Waals surface area contributed by atoms with Crippen molar-refractivity contribution < 1.29 is 0 Å². The summed E-state index contributed by atoms with van der Waals surface area (Å²) in [5, 5.41) is 9.89. The van der Waals surface area contributed by atoms with Crippen LogP contribution >= 0.6 is 0 Å². The van der Waals surface area contributed by atoms with E-state index in [2.05, 4.69) is 39.3 Å². The van der Waals surface area contributed by atoms with Gasteiger partial charge in [-0.3, -0.25) is 5.10 Å². The van der Waals surface area contributed by atoms with E-state index in [0.717, 1.165) is 17.1 Å². The number of nitrogens with one attached hydrogen (secondary N) is 2. The van der Waals surface area contributed by atoms with Gasteiger partial charge in [-0.2, -0.15) is 5.10 Å². The third-order valence-corrected chi connectivity index (χ3v) is 2.31. The molecule has 0 bridgehead atoms. The van der Waals surface area contributed by atoms with E-state index in [0.29, 0.717) is 12.5 Å². The summed E-state index contributed by atoms with van der Waals surface area (Å²) in [5.74, 6) is 1.26. The highest BCUT2D eigenvalue weighted by atomic mass is 15.1. The topological polar surface area (TPSA) is 66.5 Å². The van der Waals surface area contributed by atoms with Gasteiger partial charge in [0.2, 0.25) is 0 Å². The van der Waals surface area contributed by atoms with E-state index >= 15 is 0 Å². The number of anilines is 1. The lowest BCUT2D eigenvalue weighted by atomic mass is 10.1. The molecule has 84 valence electrons. The van der Waals surface area contributed by atoms with Crippen LogP contribution in [0.15, 0.2) is 24.8 Å². The molecule has 5 nitrogen and oxygen atoms in total. The normalized spacial score (nSPS) is 10.7. The summed E-state index contributed by atoms with van der Waals surface area (Å²) in [7, 11) is 0. The molecule has 2 aromatic rings. The largest absolute Gasteiger partial charge is 0.366 e. The van der Waals surface area contributed by atoms with Gasteiger partial charge in [0.15, 0.2) is 0 Å². The maximum Gasteiger partial charge on any atom is 0.129 e. The molecule has 0 amide bonds. The second-order valence-electron chi connectivity index (χ2n) is 3.94. The number of hydrogen-bond acceptors (Lipinski definition) is 4. The van der Waals surface area contributed by atoms with Crippen molar-refractivity contribution in [3.05, 3.63) is 36.0 Å². The van der Waals surface area contributed by atoms with Crippen molar-refractivity contribution in [3.8, 4) is 0 Å². The second kappa shape index (κ2) is 4.74. The minimum absolute atomic E-state index is 0.414. The minimum Gasteiger partial charge on any atom is -0.366 e. The van der Waals surface area contributed by atoms with E-state index < -0.39 is 0 Å². The molecule has 0 aromatic carbocycles. The number of aromatic nitrogens is 4. The molecule has 2 N–H and O–H groups in total. The van der Waals surface area contributed by atoms with Gasteiger partial charge in [-0.25, -0.2) is 9.97 Å². The Bertz CT molecular complexity index is 435. The van der Waals surface area contributed by atoms with Crippen LogP contribution in [0.5, 0.6) is 0 Å². The zero-order valence-corrected chi connectivity index (χ0v) is 9.44. The lowest BCUT2D eigenvalue weighted by molar-refractivity contribution is 0.814. The summed E-state index contributed by atoms with van der Waals surface area (Å²) in [6, 6.07) is 1.98. The van der Waals surface area contributed by atoms with E-state index in [1.54, 1.807) is 12.5 Å². The Labute approximate surface area is 94.3 Å². The van der Waals surface area contributed by atoms with Crippen molar-refractivity contribution in [2.24, 2.45) is 0 Å². The molecule has 0 spiro atoms. The molecule has 0 aliphatic carbocycles. The van der Waals surface area contributed by atoms with Crippen LogP contribution in [0.4, 0.5) is 5.82 Å². The molecule has 0 fully saturated rings. The highest BCUT2D eigenvalue weighted by Gasteiger charge is 2.02. The van der Waals surface area contributed by atoms with Crippen LogP contribution in [0.1, 0.15) is 31.0 Å². The first-order chi connectivity index (χ1) is 7.75. The fourth-order valence-corrected chi connectivity index (χ4v) is 1.35. The second-order valence-corrected chi connectivity index (χ2v) is 3.94. The summed E-state index contributed by atoms with van der Waals surface area (Å²) in [6.45, 7) is 4.94. The van der Waals surface area contributed by atoms with Crippen LogP contribution in [-0.4, -0.2) is 20.2 Å². The SMILES string of the molecule is CC(C)c1cc(NCc2cn[nH]c2)ncn1. The van der Waals surface area contributed by atoms with Crippen LogP contribution in [0.25, 0.3) is 0 Å². The zero-order chi connectivity index (χ0) is 11.4. The van der Waals surface area contributed by atoms with Crippen molar-refractivity contribution in [1.82, 2.24) is 20.2 Å². The maximum atomic E-state index is 4.21. The summed E-state index contributed by atoms with van der Waals surface area (Å²) >= 11 is 0. The van der Waals surface area contributed by atoms with Gasteiger partial charge < -0.3 is 5.32 Å². The first-order valence-corrected chi connectivity index (χ1v) is 5.29. The fourth-order valence-electron chi connectivity index (χ4n) is 1.35. The van der Waals surface area contributed by atoms with Crippen molar-refractivity contribution in [2.75, 3.05) is 5.32 Å². The number of hydrogen-bond donors (Lipinski definition) is 2. The summed E-state index contributed by atoms with van der Waals surface area (Å²) < 4.78 is 0. The number of rotatable bonds is 4. The van der Waals surface area contributed by atoms with Gasteiger partial charge in [-0.15, -0.1) is 0 Å². The Balaban J connectivity index is 2.01. The average Bonchev–Trinajstić information content (AvgIpc) is 2.79. The molecule has 0 saturated carbocycles. The lowest BCUT2D eigenvalue weighted by Crippen LogP contribution is -2.02. The molecule has 2 rings (SSSR count). The van der Waals surface area contributed by atoms with Gasteiger partial charge in [0.1, 0.15) is 12.1 Å². The van der Waals surface area contributed by atoms with Gasteiger partial charge >= 0.3 is 0 Å². The molecule has 5 heteroatoms. The molecular formula is C11H15N5. The molecule has 2 aromatic heterocycles. The van der Waals surface area contributed by atoms with E-state index in [-0.39, 0.29) is 0 Å². The Morgan fingerprint density at radius 1 is 1.38 bits per heavy atom. The summed E-state index contributed by atoms with van der Waals surface area (Å²) in [4.78, 5) is 8.38. The van der Waals surface area contributed by atoms with Crippen LogP contribution in [0.2, 0.25) is 0 Å². The number of H-pyrrole nitrogens is 1. The zero-order valence-electron chi connectivity index (χ0n) is 9.44. The number of aromatic amines is 1. The van der Waals surface area contributed by atoms with Crippen molar-refractivity contribution in [1.29, 1.82) is 0 Å². The van der Waals surface area contributed by atoms with E-state index in [1.807, 2.05) is 12.3 Å². The van der Waals surface area contributed by atoms with Crippen molar-refractivity contribution >= 4 is 5.82 Å². The van der Waals surface area contributed by atoms with Crippen LogP contribution < -0.4 is 5.32 Å². The third kappa shape index (κ3) is 2.56. The Hall–Kier alpha value is -1.91. The van der Waals surface area contributed by atoms with Gasteiger partial charge in [0.25, 0.3) is 0 Å². The molecule has 0 atom stereocenters. The van der Waals surface area contributed by atoms with Gasteiger partial charge in [-0.05, 0) is 5.92 Å². The highest BCUT2D eigenvalue weighted by Crippen LogP contribution is 2.13. The van der Waals surface area contributed by atoms with Crippen molar-refractivity contribution in [2.45, 2.75) is 26.3 Å². The molecule has 0 aliphatic heterocycles. The lowest BCUT2D eigenvalue weighted by Gasteiger charge is -2.07. The van der Waals surface area contributed by atoms with Crippen molar-refractivity contribution in [3.63, 3.8) is 0 Å². The van der Waals surface area contributed by atoms with Gasteiger partial charge in [0, 0.05) is 30.1 Å². The molecule has 0 saturated heterocycles. The molecule has 16 heavy (non-hydrogen) atoms. The van der Waals surface area contributed by atoms with E-state index in [1.165, 1.54) is 0 Å². The van der Waals surface area contributed by atoms with Gasteiger partial charge in [0.05, 0.1) is 6.20 Å². The first-order valence-electron chi connectivity index (χ1n) is 5.29. The highest BCUT2D eigenvalue weighted by molar-refractivity contribution is 5.36. The quantitative estimate of drug-likeness (QED) is 0.821. The van der Waals surface area contributed by atoms with Crippen LogP contribution in [-0.2, 0) is 6.54 Å². The fraction of sp³-hybridized carbons (Fsp3) is 0.364. The minimum atomic E-state index is 0.414. The third-order valence-electron chi connectivity index (χ3n) is 2.31. The standard InChI is InChI=1S/C11H15N5/c1-8(2)10-3-11(14-7-13-10)12-4-9-5-15-16-6-9/h3,5-8H,4H2,1-2H3,(H,15,16)(H,12,13,14). The summed E-state index contributed by atoms with van der Waals surface area (Å²) in [5.41, 5.74) is 2.15. The van der Waals surface area contributed by atoms with Crippen LogP contribution in [0, 0.1) is 0 Å². The van der Waals surface area contributed by atoms with E-state index in [4.69, 9.17) is 0 Å². The maximum absolute atomic E-state index is 4.21. The number of nitrogens with zero attached hydrogens (tertiary/aromatic N) is 3. The molecule has 0 unspecified atom stereocenters. The average molecular weight is 217 g/mol. The molecule has 2 heterocycles. The molecule has 0 radical (unpaired) electrons. The van der Waals surface area contributed by atoms with Crippen LogP contribution in [0.3, 0.4) is 0 Å². The monoisotopic (exact) mass is 217 g/mol. The Morgan fingerprint density at radius 3 is 2.94 bits per heavy atom. The summed E-state index contributed by atoms with van der Waals surface area (Å²) in [6.07, 6.45) is 5.24. The van der Waals surface area contributed by atoms with E-state index in [9.17, 15) is 0 Å².